The van der Waals surface area contributed by atoms with Crippen molar-refractivity contribution >= 4 is 11.8 Å². The summed E-state index contributed by atoms with van der Waals surface area (Å²) in [7, 11) is 0. The van der Waals surface area contributed by atoms with Crippen molar-refractivity contribution in [2.24, 2.45) is 0 Å². The van der Waals surface area contributed by atoms with E-state index in [1.165, 1.54) is 6.20 Å². The molecule has 0 unspecified atom stereocenters. The summed E-state index contributed by atoms with van der Waals surface area (Å²) in [6.07, 6.45) is 3.48. The fraction of sp³-hybridized carbons (Fsp3) is 0.364. The van der Waals surface area contributed by atoms with Crippen LogP contribution < -0.4 is 4.90 Å². The molecule has 0 radical (unpaired) electrons. The van der Waals surface area contributed by atoms with Crippen molar-refractivity contribution in [1.82, 2.24) is 4.98 Å². The zero-order valence-corrected chi connectivity index (χ0v) is 8.63. The molecule has 1 aliphatic rings. The minimum atomic E-state index is -0.863. The molecule has 1 aromatic heterocycles. The van der Waals surface area contributed by atoms with Gasteiger partial charge in [-0.05, 0) is 25.0 Å². The highest BCUT2D eigenvalue weighted by Gasteiger charge is 2.31. The highest BCUT2D eigenvalue weighted by atomic mass is 16.4. The van der Waals surface area contributed by atoms with E-state index in [2.05, 4.69) is 4.98 Å². The van der Waals surface area contributed by atoms with E-state index in [0.717, 1.165) is 12.8 Å². The molecule has 0 spiro atoms. The molecule has 1 saturated carbocycles. The summed E-state index contributed by atoms with van der Waals surface area (Å²) in [6.45, 7) is -0.0381. The Hall–Kier alpha value is -2.09. The lowest BCUT2D eigenvalue weighted by Crippen LogP contribution is -2.32. The first-order valence-corrected chi connectivity index (χ1v) is 5.05. The van der Waals surface area contributed by atoms with E-state index < -0.39 is 5.97 Å². The second-order valence-electron chi connectivity index (χ2n) is 3.77. The molecule has 0 saturated heterocycles. The van der Waals surface area contributed by atoms with Gasteiger partial charge in [0.15, 0.2) is 0 Å². The first-order chi connectivity index (χ1) is 7.70. The highest BCUT2D eigenvalue weighted by molar-refractivity contribution is 5.73. The number of nitriles is 1. The van der Waals surface area contributed by atoms with E-state index in [9.17, 15) is 4.79 Å². The number of pyridine rings is 1. The van der Waals surface area contributed by atoms with Crippen molar-refractivity contribution in [1.29, 1.82) is 5.26 Å². The molecular weight excluding hydrogens is 206 g/mol. The molecule has 1 heterocycles. The van der Waals surface area contributed by atoms with E-state index in [0.29, 0.717) is 11.4 Å². The Kier molecular flexibility index (Phi) is 2.73. The highest BCUT2D eigenvalue weighted by Crippen LogP contribution is 2.30. The third kappa shape index (κ3) is 2.28. The topological polar surface area (TPSA) is 77.2 Å². The molecule has 0 bridgehead atoms. The Morgan fingerprint density at radius 1 is 1.62 bits per heavy atom. The van der Waals surface area contributed by atoms with Gasteiger partial charge in [-0.3, -0.25) is 4.79 Å². The maximum absolute atomic E-state index is 10.7. The SMILES string of the molecule is N#Cc1ccc(N(CC(=O)O)C2CC2)nc1. The lowest BCUT2D eigenvalue weighted by atomic mass is 10.3. The fourth-order valence-corrected chi connectivity index (χ4v) is 1.55. The smallest absolute Gasteiger partial charge is 0.323 e. The molecule has 0 aromatic carbocycles. The minimum Gasteiger partial charge on any atom is -0.480 e. The number of carboxylic acid groups (broad SMARTS) is 1. The molecule has 16 heavy (non-hydrogen) atoms. The minimum absolute atomic E-state index is 0.0381. The lowest BCUT2D eigenvalue weighted by Gasteiger charge is -2.20. The van der Waals surface area contributed by atoms with Gasteiger partial charge >= 0.3 is 5.97 Å². The average molecular weight is 217 g/mol. The van der Waals surface area contributed by atoms with Crippen LogP contribution in [0.25, 0.3) is 0 Å². The number of hydrogen-bond acceptors (Lipinski definition) is 4. The molecule has 5 nitrogen and oxygen atoms in total. The summed E-state index contributed by atoms with van der Waals surface area (Å²) in [5.74, 6) is -0.234. The van der Waals surface area contributed by atoms with E-state index in [1.54, 1.807) is 17.0 Å². The number of carbonyl (C=O) groups is 1. The van der Waals surface area contributed by atoms with Crippen molar-refractivity contribution in [3.05, 3.63) is 23.9 Å². The van der Waals surface area contributed by atoms with Gasteiger partial charge in [-0.15, -0.1) is 0 Å². The van der Waals surface area contributed by atoms with E-state index >= 15 is 0 Å². The maximum Gasteiger partial charge on any atom is 0.323 e. The molecular formula is C11H11N3O2. The van der Waals surface area contributed by atoms with Gasteiger partial charge in [0.05, 0.1) is 5.56 Å². The number of nitrogens with zero attached hydrogens (tertiary/aromatic N) is 3. The van der Waals surface area contributed by atoms with E-state index in [-0.39, 0.29) is 12.6 Å². The van der Waals surface area contributed by atoms with Gasteiger partial charge in [0.2, 0.25) is 0 Å². The molecule has 5 heteroatoms. The Bertz CT molecular complexity index is 432. The maximum atomic E-state index is 10.7. The third-order valence-corrected chi connectivity index (χ3v) is 2.46. The summed E-state index contributed by atoms with van der Waals surface area (Å²) < 4.78 is 0. The zero-order chi connectivity index (χ0) is 11.5. The van der Waals surface area contributed by atoms with Gasteiger partial charge in [-0.2, -0.15) is 5.26 Å². The summed E-state index contributed by atoms with van der Waals surface area (Å²) in [5.41, 5.74) is 0.481. The predicted octanol–water partition coefficient (Wildman–Crippen LogP) is 1.01. The van der Waals surface area contributed by atoms with Crippen LogP contribution >= 0.6 is 0 Å². The molecule has 0 atom stereocenters. The van der Waals surface area contributed by atoms with Crippen molar-refractivity contribution in [3.8, 4) is 6.07 Å². The van der Waals surface area contributed by atoms with Gasteiger partial charge < -0.3 is 10.0 Å². The normalized spacial score (nSPS) is 14.2. The van der Waals surface area contributed by atoms with Crippen LogP contribution in [0, 0.1) is 11.3 Å². The van der Waals surface area contributed by atoms with Gasteiger partial charge in [0, 0.05) is 12.2 Å². The van der Waals surface area contributed by atoms with Crippen LogP contribution in [0.5, 0.6) is 0 Å². The largest absolute Gasteiger partial charge is 0.480 e. The number of anilines is 1. The van der Waals surface area contributed by atoms with Crippen molar-refractivity contribution in [2.45, 2.75) is 18.9 Å². The molecule has 1 aliphatic carbocycles. The number of carboxylic acids is 1. The van der Waals surface area contributed by atoms with Crippen LogP contribution in [0.1, 0.15) is 18.4 Å². The van der Waals surface area contributed by atoms with Crippen molar-refractivity contribution in [2.75, 3.05) is 11.4 Å². The Labute approximate surface area is 92.9 Å². The van der Waals surface area contributed by atoms with E-state index in [1.807, 2.05) is 6.07 Å². The van der Waals surface area contributed by atoms with Gasteiger partial charge in [0.1, 0.15) is 18.4 Å². The van der Waals surface area contributed by atoms with Crippen LogP contribution in [0.3, 0.4) is 0 Å². The second-order valence-corrected chi connectivity index (χ2v) is 3.77. The number of aliphatic carboxylic acids is 1. The van der Waals surface area contributed by atoms with Crippen molar-refractivity contribution < 1.29 is 9.90 Å². The zero-order valence-electron chi connectivity index (χ0n) is 8.63. The average Bonchev–Trinajstić information content (AvgIpc) is 3.10. The first kappa shape index (κ1) is 10.4. The summed E-state index contributed by atoms with van der Waals surface area (Å²) >= 11 is 0. The quantitative estimate of drug-likeness (QED) is 0.814. The summed E-state index contributed by atoms with van der Waals surface area (Å²) in [6, 6.07) is 5.62. The standard InChI is InChI=1S/C11H11N3O2/c12-5-8-1-4-10(13-6-8)14(7-11(15)16)9-2-3-9/h1,4,6,9H,2-3,7H2,(H,15,16). The molecule has 1 aromatic rings. The van der Waals surface area contributed by atoms with Crippen LogP contribution in [0.4, 0.5) is 5.82 Å². The summed E-state index contributed by atoms with van der Waals surface area (Å²) in [4.78, 5) is 16.6. The van der Waals surface area contributed by atoms with Crippen LogP contribution in [-0.4, -0.2) is 28.6 Å². The number of rotatable bonds is 4. The van der Waals surface area contributed by atoms with Crippen molar-refractivity contribution in [3.63, 3.8) is 0 Å². The third-order valence-electron chi connectivity index (χ3n) is 2.46. The van der Waals surface area contributed by atoms with Crippen LogP contribution in [0.2, 0.25) is 0 Å². The Balaban J connectivity index is 2.18. The molecule has 0 aliphatic heterocycles. The van der Waals surface area contributed by atoms with Gasteiger partial charge in [-0.1, -0.05) is 0 Å². The molecule has 82 valence electrons. The molecule has 0 amide bonds. The molecule has 1 fully saturated rings. The Morgan fingerprint density at radius 3 is 2.81 bits per heavy atom. The van der Waals surface area contributed by atoms with Gasteiger partial charge in [0.25, 0.3) is 0 Å². The summed E-state index contributed by atoms with van der Waals surface area (Å²) in [5, 5.41) is 17.4. The van der Waals surface area contributed by atoms with Crippen LogP contribution in [-0.2, 0) is 4.79 Å². The monoisotopic (exact) mass is 217 g/mol. The molecule has 2 rings (SSSR count). The number of hydrogen-bond donors (Lipinski definition) is 1. The molecule has 1 N–H and O–H groups in total. The second kappa shape index (κ2) is 4.19. The Morgan fingerprint density at radius 2 is 2.38 bits per heavy atom. The lowest BCUT2D eigenvalue weighted by molar-refractivity contribution is -0.135. The van der Waals surface area contributed by atoms with Gasteiger partial charge in [-0.25, -0.2) is 4.98 Å². The van der Waals surface area contributed by atoms with E-state index in [4.69, 9.17) is 10.4 Å². The first-order valence-electron chi connectivity index (χ1n) is 5.05. The van der Waals surface area contributed by atoms with Crippen LogP contribution in [0.15, 0.2) is 18.3 Å². The fourth-order valence-electron chi connectivity index (χ4n) is 1.55. The predicted molar refractivity (Wildman–Crippen MR) is 57.0 cm³/mol. The number of aromatic nitrogens is 1.